The van der Waals surface area contributed by atoms with Crippen LogP contribution in [0.3, 0.4) is 0 Å². The summed E-state index contributed by atoms with van der Waals surface area (Å²) in [7, 11) is 0. The summed E-state index contributed by atoms with van der Waals surface area (Å²) in [5.41, 5.74) is 0.0125. The van der Waals surface area contributed by atoms with Gasteiger partial charge in [-0.1, -0.05) is 31.4 Å². The normalized spacial score (nSPS) is 11.9. The van der Waals surface area contributed by atoms with Crippen molar-refractivity contribution in [3.8, 4) is 0 Å². The van der Waals surface area contributed by atoms with Crippen molar-refractivity contribution >= 4 is 23.5 Å². The molecule has 0 aromatic heterocycles. The van der Waals surface area contributed by atoms with Gasteiger partial charge in [0.1, 0.15) is 5.82 Å². The zero-order valence-electron chi connectivity index (χ0n) is 11.2. The van der Waals surface area contributed by atoms with Crippen LogP contribution >= 0.6 is 11.6 Å². The van der Waals surface area contributed by atoms with Crippen molar-refractivity contribution in [2.45, 2.75) is 38.6 Å². The SMILES string of the molecule is CCCC[C@H](CC(=O)O)NC(=O)c1cc(F)ccc1Cl. The first-order valence-corrected chi connectivity index (χ1v) is 6.79. The Morgan fingerprint density at radius 2 is 2.15 bits per heavy atom. The summed E-state index contributed by atoms with van der Waals surface area (Å²) >= 11 is 5.84. The Labute approximate surface area is 121 Å². The lowest BCUT2D eigenvalue weighted by atomic mass is 10.1. The van der Waals surface area contributed by atoms with Crippen molar-refractivity contribution in [2.24, 2.45) is 0 Å². The smallest absolute Gasteiger partial charge is 0.305 e. The molecule has 0 radical (unpaired) electrons. The molecule has 0 heterocycles. The third kappa shape index (κ3) is 5.17. The summed E-state index contributed by atoms with van der Waals surface area (Å²) in [5, 5.41) is 11.6. The quantitative estimate of drug-likeness (QED) is 0.812. The van der Waals surface area contributed by atoms with Gasteiger partial charge in [-0.2, -0.15) is 0 Å². The summed E-state index contributed by atoms with van der Waals surface area (Å²) in [6.45, 7) is 1.98. The van der Waals surface area contributed by atoms with Crippen LogP contribution in [-0.4, -0.2) is 23.0 Å². The maximum atomic E-state index is 13.1. The molecular weight excluding hydrogens is 285 g/mol. The second-order valence-electron chi connectivity index (χ2n) is 4.53. The van der Waals surface area contributed by atoms with Crippen molar-refractivity contribution in [3.63, 3.8) is 0 Å². The second-order valence-corrected chi connectivity index (χ2v) is 4.94. The minimum atomic E-state index is -0.989. The average molecular weight is 302 g/mol. The number of aliphatic carboxylic acids is 1. The molecule has 1 atom stereocenters. The lowest BCUT2D eigenvalue weighted by molar-refractivity contribution is -0.137. The van der Waals surface area contributed by atoms with E-state index < -0.39 is 23.7 Å². The highest BCUT2D eigenvalue weighted by Crippen LogP contribution is 2.17. The highest BCUT2D eigenvalue weighted by Gasteiger charge is 2.18. The Hall–Kier alpha value is -1.62. The molecule has 0 fully saturated rings. The van der Waals surface area contributed by atoms with Gasteiger partial charge in [0.2, 0.25) is 0 Å². The van der Waals surface area contributed by atoms with Crippen molar-refractivity contribution in [2.75, 3.05) is 0 Å². The highest BCUT2D eigenvalue weighted by atomic mass is 35.5. The number of nitrogens with one attached hydrogen (secondary N) is 1. The van der Waals surface area contributed by atoms with E-state index in [0.29, 0.717) is 6.42 Å². The third-order valence-electron chi connectivity index (χ3n) is 2.84. The molecule has 110 valence electrons. The van der Waals surface area contributed by atoms with Crippen LogP contribution < -0.4 is 5.32 Å². The molecule has 6 heteroatoms. The first-order chi connectivity index (χ1) is 9.43. The number of benzene rings is 1. The fraction of sp³-hybridized carbons (Fsp3) is 0.429. The monoisotopic (exact) mass is 301 g/mol. The maximum Gasteiger partial charge on any atom is 0.305 e. The molecule has 0 bridgehead atoms. The minimum Gasteiger partial charge on any atom is -0.481 e. The third-order valence-corrected chi connectivity index (χ3v) is 3.16. The van der Waals surface area contributed by atoms with Crippen LogP contribution in [0.15, 0.2) is 18.2 Å². The van der Waals surface area contributed by atoms with E-state index in [1.165, 1.54) is 6.07 Å². The van der Waals surface area contributed by atoms with E-state index in [4.69, 9.17) is 16.7 Å². The first-order valence-electron chi connectivity index (χ1n) is 6.41. The van der Waals surface area contributed by atoms with Gasteiger partial charge in [-0.05, 0) is 24.6 Å². The van der Waals surface area contributed by atoms with E-state index in [9.17, 15) is 14.0 Å². The summed E-state index contributed by atoms with van der Waals surface area (Å²) in [6, 6.07) is 3.00. The number of carbonyl (C=O) groups excluding carboxylic acids is 1. The molecule has 1 aromatic rings. The molecule has 0 aliphatic carbocycles. The van der Waals surface area contributed by atoms with Crippen LogP contribution in [0.5, 0.6) is 0 Å². The molecule has 1 amide bonds. The van der Waals surface area contributed by atoms with Crippen molar-refractivity contribution < 1.29 is 19.1 Å². The van der Waals surface area contributed by atoms with Crippen LogP contribution in [0.4, 0.5) is 4.39 Å². The van der Waals surface area contributed by atoms with Crippen LogP contribution in [-0.2, 0) is 4.79 Å². The van der Waals surface area contributed by atoms with Gasteiger partial charge in [-0.15, -0.1) is 0 Å². The summed E-state index contributed by atoms with van der Waals surface area (Å²) in [6.07, 6.45) is 2.09. The lowest BCUT2D eigenvalue weighted by Gasteiger charge is -2.17. The fourth-order valence-corrected chi connectivity index (χ4v) is 2.02. The number of carboxylic acids is 1. The average Bonchev–Trinajstić information content (AvgIpc) is 2.38. The second kappa shape index (κ2) is 7.85. The number of rotatable bonds is 7. The predicted molar refractivity (Wildman–Crippen MR) is 74.4 cm³/mol. The minimum absolute atomic E-state index is 0.0125. The Kier molecular flexibility index (Phi) is 6.45. The van der Waals surface area contributed by atoms with Gasteiger partial charge in [0.25, 0.3) is 5.91 Å². The van der Waals surface area contributed by atoms with E-state index >= 15 is 0 Å². The molecule has 0 saturated carbocycles. The molecule has 0 saturated heterocycles. The van der Waals surface area contributed by atoms with E-state index in [0.717, 1.165) is 25.0 Å². The molecule has 0 aliphatic rings. The highest BCUT2D eigenvalue weighted by molar-refractivity contribution is 6.33. The number of carbonyl (C=O) groups is 2. The molecule has 20 heavy (non-hydrogen) atoms. The first kappa shape index (κ1) is 16.4. The fourth-order valence-electron chi connectivity index (χ4n) is 1.82. The molecule has 0 unspecified atom stereocenters. The number of halogens is 2. The topological polar surface area (TPSA) is 66.4 Å². The Morgan fingerprint density at radius 1 is 1.45 bits per heavy atom. The molecule has 4 nitrogen and oxygen atoms in total. The van der Waals surface area contributed by atoms with Crippen molar-refractivity contribution in [3.05, 3.63) is 34.6 Å². The lowest BCUT2D eigenvalue weighted by Crippen LogP contribution is -2.36. The van der Waals surface area contributed by atoms with Gasteiger partial charge < -0.3 is 10.4 Å². The largest absolute Gasteiger partial charge is 0.481 e. The molecule has 1 rings (SSSR count). The van der Waals surface area contributed by atoms with E-state index in [-0.39, 0.29) is 17.0 Å². The van der Waals surface area contributed by atoms with E-state index in [2.05, 4.69) is 5.32 Å². The number of hydrogen-bond acceptors (Lipinski definition) is 2. The van der Waals surface area contributed by atoms with Crippen LogP contribution in [0.25, 0.3) is 0 Å². The predicted octanol–water partition coefficient (Wildman–Crippen LogP) is 3.24. The standard InChI is InChI=1S/C14H17ClFNO3/c1-2-3-4-10(8-13(18)19)17-14(20)11-7-9(16)5-6-12(11)15/h5-7,10H,2-4,8H2,1H3,(H,17,20)(H,18,19)/t10-/m1/s1. The maximum absolute atomic E-state index is 13.1. The zero-order valence-corrected chi connectivity index (χ0v) is 11.9. The molecule has 0 aliphatic heterocycles. The van der Waals surface area contributed by atoms with Gasteiger partial charge in [0.15, 0.2) is 0 Å². The Bertz CT molecular complexity index is 493. The molecule has 1 aromatic carbocycles. The van der Waals surface area contributed by atoms with E-state index in [1.807, 2.05) is 6.92 Å². The molecular formula is C14H17ClFNO3. The molecule has 0 spiro atoms. The van der Waals surface area contributed by atoms with Crippen LogP contribution in [0.2, 0.25) is 5.02 Å². The zero-order chi connectivity index (χ0) is 15.1. The van der Waals surface area contributed by atoms with Crippen molar-refractivity contribution in [1.82, 2.24) is 5.32 Å². The van der Waals surface area contributed by atoms with Crippen molar-refractivity contribution in [1.29, 1.82) is 0 Å². The number of carboxylic acid groups (broad SMARTS) is 1. The van der Waals surface area contributed by atoms with Gasteiger partial charge in [-0.3, -0.25) is 9.59 Å². The summed E-state index contributed by atoms with van der Waals surface area (Å²) < 4.78 is 13.1. The van der Waals surface area contributed by atoms with Gasteiger partial charge in [0, 0.05) is 6.04 Å². The number of hydrogen-bond donors (Lipinski definition) is 2. The molecule has 2 N–H and O–H groups in total. The number of unbranched alkanes of at least 4 members (excludes halogenated alkanes) is 1. The summed E-state index contributed by atoms with van der Waals surface area (Å²) in [5.74, 6) is -2.11. The van der Waals surface area contributed by atoms with E-state index in [1.54, 1.807) is 0 Å². The Morgan fingerprint density at radius 3 is 2.75 bits per heavy atom. The van der Waals surface area contributed by atoms with Gasteiger partial charge in [0.05, 0.1) is 17.0 Å². The number of amides is 1. The van der Waals surface area contributed by atoms with Gasteiger partial charge >= 0.3 is 5.97 Å². The Balaban J connectivity index is 2.78. The van der Waals surface area contributed by atoms with Crippen LogP contribution in [0.1, 0.15) is 43.0 Å². The summed E-state index contributed by atoms with van der Waals surface area (Å²) in [4.78, 5) is 22.8. The van der Waals surface area contributed by atoms with Crippen LogP contribution in [0, 0.1) is 5.82 Å². The van der Waals surface area contributed by atoms with Gasteiger partial charge in [-0.25, -0.2) is 4.39 Å².